The summed E-state index contributed by atoms with van der Waals surface area (Å²) in [6.45, 7) is 8.92. The third kappa shape index (κ3) is 1.79. The SMILES string of the molecule is CC(C)(C#N)CCC1=CC[C@H]2C[C@H]1C2(C)C. The highest BCUT2D eigenvalue weighted by Gasteiger charge is 2.50. The van der Waals surface area contributed by atoms with E-state index in [4.69, 9.17) is 5.26 Å². The van der Waals surface area contributed by atoms with Crippen LogP contribution in [0, 0.1) is 34.0 Å². The van der Waals surface area contributed by atoms with Crippen molar-refractivity contribution >= 4 is 0 Å². The van der Waals surface area contributed by atoms with E-state index in [9.17, 15) is 0 Å². The zero-order valence-electron chi connectivity index (χ0n) is 11.0. The normalized spacial score (nSPS) is 31.3. The molecule has 88 valence electrons. The van der Waals surface area contributed by atoms with Crippen molar-refractivity contribution in [2.45, 2.75) is 53.4 Å². The van der Waals surface area contributed by atoms with Crippen LogP contribution in [-0.4, -0.2) is 0 Å². The van der Waals surface area contributed by atoms with E-state index in [1.54, 1.807) is 5.57 Å². The molecule has 3 rings (SSSR count). The molecule has 1 fully saturated rings. The highest BCUT2D eigenvalue weighted by Crippen LogP contribution is 2.60. The van der Waals surface area contributed by atoms with Gasteiger partial charge in [0.05, 0.1) is 11.5 Å². The summed E-state index contributed by atoms with van der Waals surface area (Å²) < 4.78 is 0. The van der Waals surface area contributed by atoms with E-state index in [-0.39, 0.29) is 5.41 Å². The smallest absolute Gasteiger partial charge is 0.0684 e. The number of fused-ring (bicyclic) bond motifs is 1. The zero-order chi connectivity index (χ0) is 12.0. The quantitative estimate of drug-likeness (QED) is 0.646. The minimum atomic E-state index is -0.161. The lowest BCUT2D eigenvalue weighted by Crippen LogP contribution is -2.48. The predicted molar refractivity (Wildman–Crippen MR) is 66.7 cm³/mol. The summed E-state index contributed by atoms with van der Waals surface area (Å²) in [7, 11) is 0. The molecule has 0 heterocycles. The number of nitriles is 1. The summed E-state index contributed by atoms with van der Waals surface area (Å²) in [5.41, 5.74) is 2.00. The maximum atomic E-state index is 9.03. The first kappa shape index (κ1) is 11.7. The van der Waals surface area contributed by atoms with Gasteiger partial charge in [-0.3, -0.25) is 0 Å². The monoisotopic (exact) mass is 217 g/mol. The summed E-state index contributed by atoms with van der Waals surface area (Å²) in [5.74, 6) is 1.73. The van der Waals surface area contributed by atoms with Gasteiger partial charge in [-0.15, -0.1) is 0 Å². The highest BCUT2D eigenvalue weighted by atomic mass is 14.5. The average Bonchev–Trinajstić information content (AvgIpc) is 2.26. The molecule has 0 saturated heterocycles. The summed E-state index contributed by atoms with van der Waals surface area (Å²) in [5, 5.41) is 9.03. The van der Waals surface area contributed by atoms with Crippen molar-refractivity contribution in [2.75, 3.05) is 0 Å². The van der Waals surface area contributed by atoms with Gasteiger partial charge in [0, 0.05) is 0 Å². The van der Waals surface area contributed by atoms with E-state index < -0.39 is 0 Å². The lowest BCUT2D eigenvalue weighted by Gasteiger charge is -2.56. The second-order valence-corrected chi connectivity index (χ2v) is 6.82. The Kier molecular flexibility index (Phi) is 2.65. The molecule has 16 heavy (non-hydrogen) atoms. The zero-order valence-corrected chi connectivity index (χ0v) is 11.0. The number of nitrogens with zero attached hydrogens (tertiary/aromatic N) is 1. The topological polar surface area (TPSA) is 23.8 Å². The molecule has 1 nitrogen and oxygen atoms in total. The van der Waals surface area contributed by atoms with Crippen LogP contribution in [0.5, 0.6) is 0 Å². The van der Waals surface area contributed by atoms with Gasteiger partial charge in [0.25, 0.3) is 0 Å². The number of allylic oxidation sites excluding steroid dienone is 2. The maximum Gasteiger partial charge on any atom is 0.0684 e. The van der Waals surface area contributed by atoms with Crippen LogP contribution in [0.3, 0.4) is 0 Å². The van der Waals surface area contributed by atoms with Crippen LogP contribution in [0.15, 0.2) is 11.6 Å². The fourth-order valence-electron chi connectivity index (χ4n) is 3.27. The minimum absolute atomic E-state index is 0.161. The van der Waals surface area contributed by atoms with E-state index in [1.165, 1.54) is 12.8 Å². The van der Waals surface area contributed by atoms with Crippen LogP contribution in [-0.2, 0) is 0 Å². The first-order chi connectivity index (χ1) is 7.37. The van der Waals surface area contributed by atoms with Crippen LogP contribution in [0.2, 0.25) is 0 Å². The standard InChI is InChI=1S/C15H23N/c1-14(2,10-16)8-7-11-5-6-12-9-13(11)15(12,3)4/h5,12-13H,6-9H2,1-4H3/t12-,13+/m0/s1. The van der Waals surface area contributed by atoms with Gasteiger partial charge in [-0.1, -0.05) is 25.5 Å². The van der Waals surface area contributed by atoms with E-state index in [1.807, 2.05) is 13.8 Å². The Morgan fingerprint density at radius 1 is 1.50 bits per heavy atom. The third-order valence-corrected chi connectivity index (χ3v) is 4.92. The molecular formula is C15H23N. The number of hydrogen-bond donors (Lipinski definition) is 0. The van der Waals surface area contributed by atoms with E-state index >= 15 is 0 Å². The third-order valence-electron chi connectivity index (χ3n) is 4.92. The van der Waals surface area contributed by atoms with Crippen LogP contribution in [0.25, 0.3) is 0 Å². The largest absolute Gasteiger partial charge is 0.198 e. The number of hydrogen-bond acceptors (Lipinski definition) is 1. The molecule has 0 radical (unpaired) electrons. The van der Waals surface area contributed by atoms with Crippen LogP contribution in [0.1, 0.15) is 53.4 Å². The van der Waals surface area contributed by atoms with Crippen LogP contribution < -0.4 is 0 Å². The average molecular weight is 217 g/mol. The van der Waals surface area contributed by atoms with Gasteiger partial charge in [-0.25, -0.2) is 0 Å². The molecule has 1 heteroatoms. The minimum Gasteiger partial charge on any atom is -0.198 e. The van der Waals surface area contributed by atoms with E-state index in [0.29, 0.717) is 5.41 Å². The fraction of sp³-hybridized carbons (Fsp3) is 0.800. The highest BCUT2D eigenvalue weighted by molar-refractivity contribution is 5.23. The molecule has 0 amide bonds. The molecule has 0 aliphatic heterocycles. The Bertz CT molecular complexity index is 354. The van der Waals surface area contributed by atoms with Crippen molar-refractivity contribution in [3.05, 3.63) is 11.6 Å². The summed E-state index contributed by atoms with van der Waals surface area (Å²) >= 11 is 0. The molecule has 3 aliphatic rings. The van der Waals surface area contributed by atoms with Gasteiger partial charge in [0.2, 0.25) is 0 Å². The van der Waals surface area contributed by atoms with Crippen molar-refractivity contribution in [3.63, 3.8) is 0 Å². The van der Waals surface area contributed by atoms with Crippen molar-refractivity contribution in [1.82, 2.24) is 0 Å². The lowest BCUT2D eigenvalue weighted by molar-refractivity contribution is -0.00885. The first-order valence-electron chi connectivity index (χ1n) is 6.47. The van der Waals surface area contributed by atoms with Gasteiger partial charge in [-0.2, -0.15) is 5.26 Å². The summed E-state index contributed by atoms with van der Waals surface area (Å²) in [4.78, 5) is 0. The van der Waals surface area contributed by atoms with Gasteiger partial charge >= 0.3 is 0 Å². The second kappa shape index (κ2) is 3.62. The molecule has 2 atom stereocenters. The molecule has 0 N–H and O–H groups in total. The Morgan fingerprint density at radius 2 is 2.19 bits per heavy atom. The van der Waals surface area contributed by atoms with Crippen LogP contribution >= 0.6 is 0 Å². The molecular weight excluding hydrogens is 194 g/mol. The van der Waals surface area contributed by atoms with Crippen LogP contribution in [0.4, 0.5) is 0 Å². The Hall–Kier alpha value is -0.770. The molecule has 0 unspecified atom stereocenters. The molecule has 0 aromatic carbocycles. The Labute approximate surface area is 99.5 Å². The molecule has 2 bridgehead atoms. The summed E-state index contributed by atoms with van der Waals surface area (Å²) in [6, 6.07) is 2.40. The van der Waals surface area contributed by atoms with Gasteiger partial charge in [-0.05, 0) is 56.8 Å². The van der Waals surface area contributed by atoms with Gasteiger partial charge in [0.15, 0.2) is 0 Å². The van der Waals surface area contributed by atoms with Gasteiger partial charge in [0.1, 0.15) is 0 Å². The Balaban J connectivity index is 1.98. The molecule has 1 saturated carbocycles. The predicted octanol–water partition coefficient (Wildman–Crippen LogP) is 4.31. The van der Waals surface area contributed by atoms with E-state index in [0.717, 1.165) is 24.7 Å². The maximum absolute atomic E-state index is 9.03. The fourth-order valence-corrected chi connectivity index (χ4v) is 3.27. The Morgan fingerprint density at radius 3 is 2.69 bits per heavy atom. The number of rotatable bonds is 3. The first-order valence-corrected chi connectivity index (χ1v) is 6.47. The molecule has 3 aliphatic carbocycles. The second-order valence-electron chi connectivity index (χ2n) is 6.82. The molecule has 0 spiro atoms. The van der Waals surface area contributed by atoms with E-state index in [2.05, 4.69) is 26.0 Å². The van der Waals surface area contributed by atoms with Crippen molar-refractivity contribution < 1.29 is 0 Å². The van der Waals surface area contributed by atoms with Crippen molar-refractivity contribution in [2.24, 2.45) is 22.7 Å². The molecule has 0 aromatic heterocycles. The van der Waals surface area contributed by atoms with Crippen molar-refractivity contribution in [1.29, 1.82) is 5.26 Å². The summed E-state index contributed by atoms with van der Waals surface area (Å²) in [6.07, 6.45) is 7.25. The van der Waals surface area contributed by atoms with Crippen molar-refractivity contribution in [3.8, 4) is 6.07 Å². The van der Waals surface area contributed by atoms with Gasteiger partial charge < -0.3 is 0 Å². The molecule has 0 aromatic rings. The lowest BCUT2D eigenvalue weighted by atomic mass is 9.48.